The first-order valence-electron chi connectivity index (χ1n) is 7.43. The molecule has 2 aromatic rings. The first-order chi connectivity index (χ1) is 11.6. The molecule has 7 nitrogen and oxygen atoms in total. The Balaban J connectivity index is 1.89. The molecule has 25 heavy (non-hydrogen) atoms. The van der Waals surface area contributed by atoms with Crippen LogP contribution in [0, 0.1) is 0 Å². The summed E-state index contributed by atoms with van der Waals surface area (Å²) in [5, 5.41) is 16.4. The number of amides is 1. The van der Waals surface area contributed by atoms with Crippen LogP contribution in [0.3, 0.4) is 0 Å². The van der Waals surface area contributed by atoms with Gasteiger partial charge in [0, 0.05) is 13.6 Å². The Hall–Kier alpha value is -2.07. The van der Waals surface area contributed by atoms with Gasteiger partial charge in [-0.3, -0.25) is 14.2 Å². The molecular formula is C14H15ClF3N5O2. The second-order valence-corrected chi connectivity index (χ2v) is 6.20. The number of carbonyl (C=O) groups is 1. The zero-order valence-corrected chi connectivity index (χ0v) is 14.1. The van der Waals surface area contributed by atoms with E-state index in [1.165, 1.54) is 11.9 Å². The smallest absolute Gasteiger partial charge is 0.387 e. The predicted octanol–water partition coefficient (Wildman–Crippen LogP) is 2.00. The molecule has 2 aromatic heterocycles. The van der Waals surface area contributed by atoms with Gasteiger partial charge in [0.2, 0.25) is 0 Å². The topological polar surface area (TPSA) is 76.2 Å². The molecule has 0 aromatic carbocycles. The molecule has 11 heteroatoms. The summed E-state index contributed by atoms with van der Waals surface area (Å²) in [4.78, 5) is 14.0. The molecule has 1 N–H and O–H groups in total. The van der Waals surface area contributed by atoms with E-state index >= 15 is 0 Å². The number of hydrogen-bond acceptors (Lipinski definition) is 4. The van der Waals surface area contributed by atoms with Crippen molar-refractivity contribution < 1.29 is 23.1 Å². The fourth-order valence-electron chi connectivity index (χ4n) is 2.73. The van der Waals surface area contributed by atoms with Crippen molar-refractivity contribution >= 4 is 17.5 Å². The fraction of sp³-hybridized carbons (Fsp3) is 0.500. The number of aliphatic hydroxyl groups is 1. The number of nitrogens with zero attached hydrogens (tertiary/aromatic N) is 5. The van der Waals surface area contributed by atoms with Crippen molar-refractivity contribution in [1.29, 1.82) is 0 Å². The number of aliphatic hydroxyl groups excluding tert-OH is 1. The maximum absolute atomic E-state index is 12.9. The molecule has 0 radical (unpaired) electrons. The molecule has 3 rings (SSSR count). The van der Waals surface area contributed by atoms with E-state index in [0.29, 0.717) is 17.9 Å². The van der Waals surface area contributed by atoms with E-state index in [2.05, 4.69) is 10.2 Å². The Labute approximate surface area is 145 Å². The van der Waals surface area contributed by atoms with Crippen molar-refractivity contribution in [3.05, 3.63) is 33.9 Å². The van der Waals surface area contributed by atoms with Crippen LogP contribution in [-0.2, 0) is 26.3 Å². The second kappa shape index (κ2) is 6.03. The summed E-state index contributed by atoms with van der Waals surface area (Å²) in [5.41, 5.74) is -0.428. The molecule has 0 saturated carbocycles. The highest BCUT2D eigenvalue weighted by Crippen LogP contribution is 2.36. The quantitative estimate of drug-likeness (QED) is 0.868. The highest BCUT2D eigenvalue weighted by atomic mass is 35.5. The van der Waals surface area contributed by atoms with Gasteiger partial charge in [-0.2, -0.15) is 23.4 Å². The van der Waals surface area contributed by atoms with Gasteiger partial charge in [-0.05, 0) is 13.0 Å². The van der Waals surface area contributed by atoms with E-state index in [9.17, 15) is 23.1 Å². The lowest BCUT2D eigenvalue weighted by molar-refractivity contribution is -0.141. The molecule has 3 heterocycles. The third-order valence-electron chi connectivity index (χ3n) is 3.99. The average molecular weight is 378 g/mol. The van der Waals surface area contributed by atoms with Gasteiger partial charge in [-0.15, -0.1) is 0 Å². The number of rotatable bonds is 2. The molecule has 1 atom stereocenters. The number of fused-ring (bicyclic) bond motifs is 1. The summed E-state index contributed by atoms with van der Waals surface area (Å²) in [6.45, 7) is 2.36. The van der Waals surface area contributed by atoms with Crippen molar-refractivity contribution in [3.8, 4) is 0 Å². The highest BCUT2D eigenvalue weighted by Gasteiger charge is 2.40. The summed E-state index contributed by atoms with van der Waals surface area (Å²) in [5.74, 6) is -0.637. The maximum atomic E-state index is 12.9. The molecule has 0 saturated heterocycles. The molecule has 136 valence electrons. The van der Waals surface area contributed by atoms with Crippen LogP contribution >= 0.6 is 11.6 Å². The van der Waals surface area contributed by atoms with Crippen LogP contribution in [-0.4, -0.2) is 42.0 Å². The lowest BCUT2D eigenvalue weighted by atomic mass is 10.2. The van der Waals surface area contributed by atoms with E-state index in [4.69, 9.17) is 11.6 Å². The normalized spacial score (nSPS) is 16.0. The maximum Gasteiger partial charge on any atom is 0.436 e. The molecule has 1 aliphatic heterocycles. The highest BCUT2D eigenvalue weighted by molar-refractivity contribution is 6.34. The van der Waals surface area contributed by atoms with E-state index in [1.54, 1.807) is 17.7 Å². The minimum atomic E-state index is -4.74. The predicted molar refractivity (Wildman–Crippen MR) is 80.8 cm³/mol. The second-order valence-electron chi connectivity index (χ2n) is 5.82. The van der Waals surface area contributed by atoms with Crippen LogP contribution in [0.4, 0.5) is 13.2 Å². The van der Waals surface area contributed by atoms with Gasteiger partial charge in [0.25, 0.3) is 5.91 Å². The Morgan fingerprint density at radius 2 is 2.04 bits per heavy atom. The van der Waals surface area contributed by atoms with Crippen LogP contribution in [0.2, 0.25) is 5.02 Å². The Morgan fingerprint density at radius 3 is 2.60 bits per heavy atom. The monoisotopic (exact) mass is 377 g/mol. The SMILES string of the molecule is CC(O)c1cc2n(n1)CCN(C(=O)c1c(Cl)c(C(F)(F)F)nn1C)C2. The lowest BCUT2D eigenvalue weighted by Crippen LogP contribution is -2.39. The zero-order chi connectivity index (χ0) is 18.5. The summed E-state index contributed by atoms with van der Waals surface area (Å²) in [6.07, 6.45) is -5.48. The van der Waals surface area contributed by atoms with Crippen LogP contribution in [0.1, 0.15) is 40.6 Å². The number of hydrogen-bond donors (Lipinski definition) is 1. The first-order valence-corrected chi connectivity index (χ1v) is 7.81. The van der Waals surface area contributed by atoms with Crippen molar-refractivity contribution in [2.75, 3.05) is 6.54 Å². The molecule has 1 amide bonds. The Bertz CT molecular complexity index is 827. The minimum absolute atomic E-state index is 0.154. The molecule has 1 aliphatic rings. The van der Waals surface area contributed by atoms with Crippen LogP contribution in [0.25, 0.3) is 0 Å². The van der Waals surface area contributed by atoms with Crippen LogP contribution in [0.5, 0.6) is 0 Å². The number of carbonyl (C=O) groups excluding carboxylic acids is 1. The van der Waals surface area contributed by atoms with Crippen LogP contribution < -0.4 is 0 Å². The first kappa shape index (κ1) is 17.7. The van der Waals surface area contributed by atoms with Gasteiger partial charge in [0.05, 0.1) is 30.6 Å². The summed E-state index contributed by atoms with van der Waals surface area (Å²) < 4.78 is 41.2. The molecule has 0 spiro atoms. The lowest BCUT2D eigenvalue weighted by Gasteiger charge is -2.27. The van der Waals surface area contributed by atoms with Crippen LogP contribution in [0.15, 0.2) is 6.07 Å². The van der Waals surface area contributed by atoms with E-state index in [-0.39, 0.29) is 18.8 Å². The van der Waals surface area contributed by atoms with Crippen molar-refractivity contribution in [2.45, 2.75) is 32.3 Å². The van der Waals surface area contributed by atoms with Crippen molar-refractivity contribution in [1.82, 2.24) is 24.5 Å². The molecule has 0 fully saturated rings. The van der Waals surface area contributed by atoms with Gasteiger partial charge >= 0.3 is 6.18 Å². The number of alkyl halides is 3. The Kier molecular flexibility index (Phi) is 4.28. The molecule has 0 bridgehead atoms. The fourth-order valence-corrected chi connectivity index (χ4v) is 3.08. The number of halogens is 4. The van der Waals surface area contributed by atoms with E-state index in [0.717, 1.165) is 4.68 Å². The summed E-state index contributed by atoms with van der Waals surface area (Å²) >= 11 is 5.77. The molecule has 0 aliphatic carbocycles. The Morgan fingerprint density at radius 1 is 1.36 bits per heavy atom. The summed E-state index contributed by atoms with van der Waals surface area (Å²) in [6, 6.07) is 1.66. The molecule has 1 unspecified atom stereocenters. The summed E-state index contributed by atoms with van der Waals surface area (Å²) in [7, 11) is 1.24. The van der Waals surface area contributed by atoms with Gasteiger partial charge in [0.15, 0.2) is 5.69 Å². The van der Waals surface area contributed by atoms with E-state index in [1.807, 2.05) is 0 Å². The third kappa shape index (κ3) is 3.11. The van der Waals surface area contributed by atoms with E-state index < -0.39 is 28.9 Å². The van der Waals surface area contributed by atoms with Crippen molar-refractivity contribution in [3.63, 3.8) is 0 Å². The minimum Gasteiger partial charge on any atom is -0.387 e. The van der Waals surface area contributed by atoms with Gasteiger partial charge in [-0.1, -0.05) is 11.6 Å². The van der Waals surface area contributed by atoms with Crippen molar-refractivity contribution in [2.24, 2.45) is 7.05 Å². The standard InChI is InChI=1S/C14H15ClF3N5O2/c1-7(24)9-5-8-6-22(3-4-23(8)19-9)13(25)11-10(15)12(14(16,17)18)20-21(11)2/h5,7,24H,3-4,6H2,1-2H3. The number of aryl methyl sites for hydroxylation is 1. The van der Waals surface area contributed by atoms with Gasteiger partial charge in [0.1, 0.15) is 10.7 Å². The largest absolute Gasteiger partial charge is 0.436 e. The molecular weight excluding hydrogens is 363 g/mol. The third-order valence-corrected chi connectivity index (χ3v) is 4.35. The average Bonchev–Trinajstić information content (AvgIpc) is 3.06. The zero-order valence-electron chi connectivity index (χ0n) is 13.4. The van der Waals surface area contributed by atoms with Gasteiger partial charge in [-0.25, -0.2) is 0 Å². The number of aromatic nitrogens is 4. The van der Waals surface area contributed by atoms with Gasteiger partial charge < -0.3 is 10.0 Å².